The third kappa shape index (κ3) is 4.22. The highest BCUT2D eigenvalue weighted by atomic mass is 19.4. The third-order valence-electron chi connectivity index (χ3n) is 4.23. The molecule has 6 heteroatoms. The maximum Gasteiger partial charge on any atom is 0.416 e. The van der Waals surface area contributed by atoms with Gasteiger partial charge in [-0.1, -0.05) is 6.92 Å². The maximum absolute atomic E-state index is 12.5. The lowest BCUT2D eigenvalue weighted by Crippen LogP contribution is -2.45. The molecule has 0 radical (unpaired) electrons. The van der Waals surface area contributed by atoms with Crippen LogP contribution in [0.5, 0.6) is 0 Å². The molecule has 3 nitrogen and oxygen atoms in total. The molecule has 1 heterocycles. The van der Waals surface area contributed by atoms with Crippen LogP contribution in [0.3, 0.4) is 0 Å². The first kappa shape index (κ1) is 16.8. The molecular weight excluding hydrogens is 293 g/mol. The van der Waals surface area contributed by atoms with Crippen LogP contribution in [0.4, 0.5) is 18.9 Å². The number of carbonyl (C=O) groups excluding carboxylic acids is 1. The normalized spacial score (nSPS) is 19.0. The van der Waals surface area contributed by atoms with Gasteiger partial charge in [-0.05, 0) is 63.0 Å². The molecular formula is C16H21F3N2O. The summed E-state index contributed by atoms with van der Waals surface area (Å²) in [6.07, 6.45) is -2.23. The summed E-state index contributed by atoms with van der Waals surface area (Å²) in [5, 5.41) is 2.68. The van der Waals surface area contributed by atoms with E-state index in [4.69, 9.17) is 0 Å². The minimum atomic E-state index is -4.36. The summed E-state index contributed by atoms with van der Waals surface area (Å²) in [6.45, 7) is 5.78. The summed E-state index contributed by atoms with van der Waals surface area (Å²) >= 11 is 0. The SMILES string of the molecule is CC1CCN(C(C)C(=O)Nc2ccc(C(F)(F)F)cc2)CC1. The van der Waals surface area contributed by atoms with Crippen LogP contribution in [0, 0.1) is 5.92 Å². The lowest BCUT2D eigenvalue weighted by Gasteiger charge is -2.34. The van der Waals surface area contributed by atoms with Crippen LogP contribution >= 0.6 is 0 Å². The van der Waals surface area contributed by atoms with Crippen molar-refractivity contribution < 1.29 is 18.0 Å². The van der Waals surface area contributed by atoms with E-state index < -0.39 is 11.7 Å². The van der Waals surface area contributed by atoms with E-state index in [9.17, 15) is 18.0 Å². The highest BCUT2D eigenvalue weighted by Crippen LogP contribution is 2.29. The summed E-state index contributed by atoms with van der Waals surface area (Å²) in [5.41, 5.74) is -0.334. The Morgan fingerprint density at radius 3 is 2.27 bits per heavy atom. The van der Waals surface area contributed by atoms with Gasteiger partial charge in [0.05, 0.1) is 11.6 Å². The third-order valence-corrected chi connectivity index (χ3v) is 4.23. The van der Waals surface area contributed by atoms with E-state index in [0.29, 0.717) is 11.6 Å². The Balaban J connectivity index is 1.94. The van der Waals surface area contributed by atoms with Crippen molar-refractivity contribution in [1.82, 2.24) is 4.90 Å². The van der Waals surface area contributed by atoms with Gasteiger partial charge in [-0.15, -0.1) is 0 Å². The van der Waals surface area contributed by atoms with Crippen molar-refractivity contribution in [2.45, 2.75) is 38.9 Å². The second-order valence-corrected chi connectivity index (χ2v) is 5.96. The number of halogens is 3. The number of nitrogens with one attached hydrogen (secondary N) is 1. The van der Waals surface area contributed by atoms with Crippen molar-refractivity contribution in [3.05, 3.63) is 29.8 Å². The lowest BCUT2D eigenvalue weighted by molar-refractivity contribution is -0.137. The molecule has 0 aromatic heterocycles. The second kappa shape index (κ2) is 6.69. The largest absolute Gasteiger partial charge is 0.416 e. The number of alkyl halides is 3. The molecule has 0 bridgehead atoms. The van der Waals surface area contributed by atoms with E-state index >= 15 is 0 Å². The molecule has 1 aromatic rings. The van der Waals surface area contributed by atoms with Crippen LogP contribution in [-0.4, -0.2) is 29.9 Å². The average Bonchev–Trinajstić information content (AvgIpc) is 2.47. The van der Waals surface area contributed by atoms with Gasteiger partial charge in [0.1, 0.15) is 0 Å². The molecule has 22 heavy (non-hydrogen) atoms. The Kier molecular flexibility index (Phi) is 5.11. The smallest absolute Gasteiger partial charge is 0.325 e. The standard InChI is InChI=1S/C16H21F3N2O/c1-11-7-9-21(10-8-11)12(2)15(22)20-14-5-3-13(4-6-14)16(17,18)19/h3-6,11-12H,7-10H2,1-2H3,(H,20,22). The quantitative estimate of drug-likeness (QED) is 0.921. The Labute approximate surface area is 128 Å². The van der Waals surface area contributed by atoms with Gasteiger partial charge in [0, 0.05) is 5.69 Å². The second-order valence-electron chi connectivity index (χ2n) is 5.96. The topological polar surface area (TPSA) is 32.3 Å². The van der Waals surface area contributed by atoms with E-state index in [2.05, 4.69) is 17.1 Å². The molecule has 1 aliphatic rings. The number of rotatable bonds is 3. The Bertz CT molecular complexity index is 505. The summed E-state index contributed by atoms with van der Waals surface area (Å²) in [4.78, 5) is 14.3. The summed E-state index contributed by atoms with van der Waals surface area (Å²) in [7, 11) is 0. The summed E-state index contributed by atoms with van der Waals surface area (Å²) in [5.74, 6) is 0.496. The van der Waals surface area contributed by atoms with Crippen LogP contribution in [0.1, 0.15) is 32.3 Å². The van der Waals surface area contributed by atoms with E-state index in [1.807, 2.05) is 6.92 Å². The van der Waals surface area contributed by atoms with E-state index in [1.165, 1.54) is 12.1 Å². The van der Waals surface area contributed by atoms with Crippen molar-refractivity contribution in [3.63, 3.8) is 0 Å². The average molecular weight is 314 g/mol. The van der Waals surface area contributed by atoms with Gasteiger partial charge in [-0.3, -0.25) is 9.69 Å². The fraction of sp³-hybridized carbons (Fsp3) is 0.562. The van der Waals surface area contributed by atoms with Crippen LogP contribution in [0.15, 0.2) is 24.3 Å². The van der Waals surface area contributed by atoms with Crippen LogP contribution in [0.25, 0.3) is 0 Å². The van der Waals surface area contributed by atoms with Gasteiger partial charge >= 0.3 is 6.18 Å². The van der Waals surface area contributed by atoms with Crippen LogP contribution in [-0.2, 0) is 11.0 Å². The molecule has 0 spiro atoms. The number of nitrogens with zero attached hydrogens (tertiary/aromatic N) is 1. The number of piperidine rings is 1. The molecule has 1 amide bonds. The maximum atomic E-state index is 12.5. The highest BCUT2D eigenvalue weighted by Gasteiger charge is 2.30. The first-order chi connectivity index (χ1) is 10.3. The fourth-order valence-corrected chi connectivity index (χ4v) is 2.57. The molecule has 1 aliphatic heterocycles. The number of hydrogen-bond donors (Lipinski definition) is 1. The van der Waals surface area contributed by atoms with Gasteiger partial charge < -0.3 is 5.32 Å². The van der Waals surface area contributed by atoms with E-state index in [1.54, 1.807) is 0 Å². The monoisotopic (exact) mass is 314 g/mol. The van der Waals surface area contributed by atoms with Gasteiger partial charge in [-0.25, -0.2) is 0 Å². The Hall–Kier alpha value is -1.56. The highest BCUT2D eigenvalue weighted by molar-refractivity contribution is 5.94. The van der Waals surface area contributed by atoms with Crippen molar-refractivity contribution in [1.29, 1.82) is 0 Å². The van der Waals surface area contributed by atoms with E-state index in [-0.39, 0.29) is 11.9 Å². The zero-order valence-electron chi connectivity index (χ0n) is 12.8. The van der Waals surface area contributed by atoms with Crippen molar-refractivity contribution >= 4 is 11.6 Å². The number of hydrogen-bond acceptors (Lipinski definition) is 2. The predicted molar refractivity (Wildman–Crippen MR) is 79.5 cm³/mol. The van der Waals surface area contributed by atoms with Gasteiger partial charge in [0.2, 0.25) is 5.91 Å². The van der Waals surface area contributed by atoms with Gasteiger partial charge in [-0.2, -0.15) is 13.2 Å². The predicted octanol–water partition coefficient (Wildman–Crippen LogP) is 3.76. The van der Waals surface area contributed by atoms with Crippen molar-refractivity contribution in [2.24, 2.45) is 5.92 Å². The number of benzene rings is 1. The molecule has 0 aliphatic carbocycles. The fourth-order valence-electron chi connectivity index (χ4n) is 2.57. The van der Waals surface area contributed by atoms with Crippen LogP contribution < -0.4 is 5.32 Å². The summed E-state index contributed by atoms with van der Waals surface area (Å²) in [6, 6.07) is 4.23. The zero-order valence-corrected chi connectivity index (χ0v) is 12.8. The molecule has 1 N–H and O–H groups in total. The minimum Gasteiger partial charge on any atom is -0.325 e. The van der Waals surface area contributed by atoms with Gasteiger partial charge in [0.15, 0.2) is 0 Å². The summed E-state index contributed by atoms with van der Waals surface area (Å²) < 4.78 is 37.5. The number of anilines is 1. The van der Waals surface area contributed by atoms with Crippen molar-refractivity contribution in [3.8, 4) is 0 Å². The van der Waals surface area contributed by atoms with E-state index in [0.717, 1.165) is 38.1 Å². The number of carbonyl (C=O) groups is 1. The number of amides is 1. The first-order valence-electron chi connectivity index (χ1n) is 7.49. The molecule has 1 fully saturated rings. The van der Waals surface area contributed by atoms with Crippen molar-refractivity contribution in [2.75, 3.05) is 18.4 Å². The molecule has 1 atom stereocenters. The molecule has 1 saturated heterocycles. The molecule has 122 valence electrons. The molecule has 0 saturated carbocycles. The zero-order chi connectivity index (χ0) is 16.3. The number of likely N-dealkylation sites (tertiary alicyclic amines) is 1. The molecule has 2 rings (SSSR count). The minimum absolute atomic E-state index is 0.186. The Morgan fingerprint density at radius 1 is 1.23 bits per heavy atom. The van der Waals surface area contributed by atoms with Crippen LogP contribution in [0.2, 0.25) is 0 Å². The molecule has 1 aromatic carbocycles. The Morgan fingerprint density at radius 2 is 1.77 bits per heavy atom. The lowest BCUT2D eigenvalue weighted by atomic mass is 9.98. The van der Waals surface area contributed by atoms with Gasteiger partial charge in [0.25, 0.3) is 0 Å². The molecule has 1 unspecified atom stereocenters. The first-order valence-corrected chi connectivity index (χ1v) is 7.49.